The first kappa shape index (κ1) is 18.6. The molecule has 1 amide bonds. The molecule has 0 atom stereocenters. The number of carbonyl (C=O) groups is 1. The lowest BCUT2D eigenvalue weighted by Crippen LogP contribution is -2.25. The average Bonchev–Trinajstić information content (AvgIpc) is 3.50. The predicted octanol–water partition coefficient (Wildman–Crippen LogP) is 3.34. The van der Waals surface area contributed by atoms with Gasteiger partial charge in [0, 0.05) is 16.5 Å². The first-order valence-corrected chi connectivity index (χ1v) is 10.6. The lowest BCUT2D eigenvalue weighted by atomic mass is 9.97. The Hall–Kier alpha value is -3.46. The van der Waals surface area contributed by atoms with Crippen LogP contribution in [0.15, 0.2) is 51.2 Å². The van der Waals surface area contributed by atoms with Gasteiger partial charge in [0.1, 0.15) is 11.5 Å². The molecule has 0 saturated carbocycles. The summed E-state index contributed by atoms with van der Waals surface area (Å²) in [5.41, 5.74) is 1.92. The summed E-state index contributed by atoms with van der Waals surface area (Å²) in [4.78, 5) is 33.6. The van der Waals surface area contributed by atoms with Crippen LogP contribution in [0.1, 0.15) is 29.0 Å². The van der Waals surface area contributed by atoms with Crippen molar-refractivity contribution in [1.29, 1.82) is 0 Å². The maximum atomic E-state index is 12.6. The van der Waals surface area contributed by atoms with Gasteiger partial charge in [-0.1, -0.05) is 6.07 Å². The number of fused-ring (bicyclic) bond motifs is 1. The molecule has 5 rings (SSSR count). The highest BCUT2D eigenvalue weighted by Crippen LogP contribution is 2.25. The van der Waals surface area contributed by atoms with Crippen LogP contribution in [0.3, 0.4) is 0 Å². The lowest BCUT2D eigenvalue weighted by Gasteiger charge is -2.15. The smallest absolute Gasteiger partial charge is 0.255 e. The van der Waals surface area contributed by atoms with Gasteiger partial charge in [-0.25, -0.2) is 4.98 Å². The minimum absolute atomic E-state index is 0.152. The fraction of sp³-hybridized carbons (Fsp3) is 0.238. The van der Waals surface area contributed by atoms with Crippen molar-refractivity contribution in [3.63, 3.8) is 0 Å². The fourth-order valence-corrected chi connectivity index (χ4v) is 4.33. The molecule has 30 heavy (non-hydrogen) atoms. The van der Waals surface area contributed by atoms with Crippen LogP contribution in [-0.4, -0.2) is 25.7 Å². The Kier molecular flexibility index (Phi) is 4.80. The van der Waals surface area contributed by atoms with Crippen molar-refractivity contribution in [3.8, 4) is 17.4 Å². The van der Waals surface area contributed by atoms with Gasteiger partial charge in [0.2, 0.25) is 11.9 Å². The van der Waals surface area contributed by atoms with Crippen molar-refractivity contribution < 1.29 is 9.21 Å². The molecule has 0 bridgehead atoms. The van der Waals surface area contributed by atoms with E-state index in [1.807, 2.05) is 17.5 Å². The largest absolute Gasteiger partial charge is 0.463 e. The van der Waals surface area contributed by atoms with Gasteiger partial charge in [-0.2, -0.15) is 9.78 Å². The number of aryl methyl sites for hydroxylation is 1. The molecular weight excluding hydrogens is 402 g/mol. The summed E-state index contributed by atoms with van der Waals surface area (Å²) >= 11 is 1.52. The average molecular weight is 421 g/mol. The van der Waals surface area contributed by atoms with Gasteiger partial charge < -0.3 is 9.73 Å². The van der Waals surface area contributed by atoms with E-state index in [0.29, 0.717) is 17.3 Å². The number of nitrogens with zero attached hydrogens (tertiary/aromatic N) is 3. The van der Waals surface area contributed by atoms with Gasteiger partial charge in [0.25, 0.3) is 5.56 Å². The zero-order valence-corrected chi connectivity index (χ0v) is 16.9. The normalized spacial score (nSPS) is 13.2. The molecule has 152 valence electrons. The summed E-state index contributed by atoms with van der Waals surface area (Å²) in [6.45, 7) is 0. The predicted molar refractivity (Wildman–Crippen MR) is 113 cm³/mol. The standard InChI is InChI=1S/C21H19N5O3S/c27-19(11-13-5-4-10-30-13)23-18-12-16(17-8-3-9-29-17)25-26(18)21-22-15-7-2-1-6-14(15)20(28)24-21/h3-5,8-10,12H,1-2,6-7,11H2,(H,23,27)(H,22,24,28). The molecule has 4 aromatic heterocycles. The first-order chi connectivity index (χ1) is 14.7. The number of amides is 1. The van der Waals surface area contributed by atoms with Gasteiger partial charge in [-0.05, 0) is 49.3 Å². The number of aromatic nitrogens is 4. The molecule has 0 radical (unpaired) electrons. The van der Waals surface area contributed by atoms with Gasteiger partial charge in [0.15, 0.2) is 5.76 Å². The number of thiophene rings is 1. The Morgan fingerprint density at radius 3 is 2.97 bits per heavy atom. The molecule has 1 aliphatic rings. The number of H-pyrrole nitrogens is 1. The van der Waals surface area contributed by atoms with E-state index in [1.54, 1.807) is 24.5 Å². The number of rotatable bonds is 5. The topological polar surface area (TPSA) is 106 Å². The SMILES string of the molecule is O=C(Cc1cccs1)Nc1cc(-c2ccco2)nn1-c1nc2c(c(=O)[nH]1)CCCC2. The van der Waals surface area contributed by atoms with Crippen LogP contribution in [-0.2, 0) is 24.1 Å². The van der Waals surface area contributed by atoms with E-state index in [-0.39, 0.29) is 23.8 Å². The Balaban J connectivity index is 1.54. The molecule has 4 heterocycles. The molecule has 0 spiro atoms. The summed E-state index contributed by atoms with van der Waals surface area (Å²) in [6.07, 6.45) is 5.31. The molecule has 0 unspecified atom stereocenters. The van der Waals surface area contributed by atoms with Crippen molar-refractivity contribution in [2.45, 2.75) is 32.1 Å². The Bertz CT molecular complexity index is 1240. The molecule has 9 heteroatoms. The monoisotopic (exact) mass is 421 g/mol. The second-order valence-electron chi connectivity index (χ2n) is 7.13. The Morgan fingerprint density at radius 1 is 1.27 bits per heavy atom. The van der Waals surface area contributed by atoms with E-state index in [0.717, 1.165) is 41.8 Å². The number of nitrogens with one attached hydrogen (secondary N) is 2. The second-order valence-corrected chi connectivity index (χ2v) is 8.16. The van der Waals surface area contributed by atoms with E-state index in [1.165, 1.54) is 16.0 Å². The van der Waals surface area contributed by atoms with Crippen LogP contribution in [0.4, 0.5) is 5.82 Å². The number of hydrogen-bond donors (Lipinski definition) is 2. The van der Waals surface area contributed by atoms with Gasteiger partial charge >= 0.3 is 0 Å². The summed E-state index contributed by atoms with van der Waals surface area (Å²) in [6, 6.07) is 9.09. The molecule has 0 aliphatic heterocycles. The number of hydrogen-bond acceptors (Lipinski definition) is 6. The molecular formula is C21H19N5O3S. The molecule has 0 fully saturated rings. The fourth-order valence-electron chi connectivity index (χ4n) is 3.63. The minimum Gasteiger partial charge on any atom is -0.463 e. The third-order valence-electron chi connectivity index (χ3n) is 5.04. The van der Waals surface area contributed by atoms with Crippen molar-refractivity contribution in [1.82, 2.24) is 19.7 Å². The van der Waals surface area contributed by atoms with Crippen molar-refractivity contribution >= 4 is 23.1 Å². The maximum absolute atomic E-state index is 12.6. The van der Waals surface area contributed by atoms with Crippen molar-refractivity contribution in [2.75, 3.05) is 5.32 Å². The maximum Gasteiger partial charge on any atom is 0.255 e. The van der Waals surface area contributed by atoms with Crippen LogP contribution in [0, 0.1) is 0 Å². The van der Waals surface area contributed by atoms with E-state index >= 15 is 0 Å². The number of aromatic amines is 1. The minimum atomic E-state index is -0.176. The molecule has 0 saturated heterocycles. The van der Waals surface area contributed by atoms with E-state index in [9.17, 15) is 9.59 Å². The first-order valence-electron chi connectivity index (χ1n) is 9.76. The molecule has 2 N–H and O–H groups in total. The van der Waals surface area contributed by atoms with E-state index in [4.69, 9.17) is 4.42 Å². The zero-order valence-electron chi connectivity index (χ0n) is 16.1. The van der Waals surface area contributed by atoms with Crippen LogP contribution in [0.5, 0.6) is 0 Å². The van der Waals surface area contributed by atoms with Gasteiger partial charge in [-0.15, -0.1) is 11.3 Å². The number of anilines is 1. The second kappa shape index (κ2) is 7.75. The third kappa shape index (κ3) is 3.59. The van der Waals surface area contributed by atoms with Gasteiger partial charge in [0.05, 0.1) is 18.4 Å². The third-order valence-corrected chi connectivity index (χ3v) is 5.92. The molecule has 0 aromatic carbocycles. The van der Waals surface area contributed by atoms with Crippen molar-refractivity contribution in [2.24, 2.45) is 0 Å². The highest BCUT2D eigenvalue weighted by molar-refractivity contribution is 7.10. The number of carbonyl (C=O) groups excluding carboxylic acids is 1. The molecule has 8 nitrogen and oxygen atoms in total. The zero-order chi connectivity index (χ0) is 20.5. The van der Waals surface area contributed by atoms with Crippen molar-refractivity contribution in [3.05, 3.63) is 68.5 Å². The molecule has 1 aliphatic carbocycles. The highest BCUT2D eigenvalue weighted by Gasteiger charge is 2.20. The Labute approximate surface area is 175 Å². The van der Waals surface area contributed by atoms with E-state index < -0.39 is 0 Å². The van der Waals surface area contributed by atoms with Crippen LogP contribution in [0.2, 0.25) is 0 Å². The van der Waals surface area contributed by atoms with Crippen LogP contribution >= 0.6 is 11.3 Å². The van der Waals surface area contributed by atoms with Gasteiger partial charge in [-0.3, -0.25) is 14.6 Å². The molecule has 4 aromatic rings. The quantitative estimate of drug-likeness (QED) is 0.514. The highest BCUT2D eigenvalue weighted by atomic mass is 32.1. The summed E-state index contributed by atoms with van der Waals surface area (Å²) in [5, 5.41) is 9.37. The van der Waals surface area contributed by atoms with Crippen LogP contribution in [0.25, 0.3) is 17.4 Å². The van der Waals surface area contributed by atoms with E-state index in [2.05, 4.69) is 20.4 Å². The van der Waals surface area contributed by atoms with Crippen LogP contribution < -0.4 is 10.9 Å². The summed E-state index contributed by atoms with van der Waals surface area (Å²) in [7, 11) is 0. The Morgan fingerprint density at radius 2 is 2.17 bits per heavy atom. The number of furan rings is 1. The summed E-state index contributed by atoms with van der Waals surface area (Å²) in [5.74, 6) is 1.08. The lowest BCUT2D eigenvalue weighted by molar-refractivity contribution is -0.115. The summed E-state index contributed by atoms with van der Waals surface area (Å²) < 4.78 is 6.91.